The van der Waals surface area contributed by atoms with Crippen molar-refractivity contribution in [3.8, 4) is 11.4 Å². The molecule has 3 heterocycles. The van der Waals surface area contributed by atoms with E-state index in [2.05, 4.69) is 10.1 Å². The lowest BCUT2D eigenvalue weighted by molar-refractivity contribution is 0.414. The number of benzene rings is 1. The molecule has 0 radical (unpaired) electrons. The molecule has 23 heavy (non-hydrogen) atoms. The van der Waals surface area contributed by atoms with Crippen LogP contribution in [0.3, 0.4) is 0 Å². The van der Waals surface area contributed by atoms with Crippen molar-refractivity contribution in [3.63, 3.8) is 0 Å². The van der Waals surface area contributed by atoms with Gasteiger partial charge in [-0.05, 0) is 30.3 Å². The number of hydrogen-bond acceptors (Lipinski definition) is 5. The van der Waals surface area contributed by atoms with Crippen LogP contribution in [-0.4, -0.2) is 21.9 Å². The molecule has 0 spiro atoms. The summed E-state index contributed by atoms with van der Waals surface area (Å²) in [6, 6.07) is 8.87. The zero-order valence-corrected chi connectivity index (χ0v) is 13.6. The van der Waals surface area contributed by atoms with Gasteiger partial charge in [0.2, 0.25) is 0 Å². The Bertz CT molecular complexity index is 1090. The first-order chi connectivity index (χ1) is 11.2. The molecule has 0 amide bonds. The van der Waals surface area contributed by atoms with Crippen LogP contribution in [0.2, 0.25) is 5.02 Å². The largest absolute Gasteiger partial charge is 0.497 e. The number of ether oxygens (including phenoxy) is 1. The molecule has 0 fully saturated rings. The SMILES string of the molecule is COc1ccc(-n2ncc3c(sc4nccc(Cl)c43)c2=O)cc1. The monoisotopic (exact) mass is 343 g/mol. The minimum Gasteiger partial charge on any atom is -0.497 e. The van der Waals surface area contributed by atoms with E-state index in [1.54, 1.807) is 49.8 Å². The lowest BCUT2D eigenvalue weighted by Gasteiger charge is -2.05. The quantitative estimate of drug-likeness (QED) is 0.557. The maximum Gasteiger partial charge on any atom is 0.289 e. The second-order valence-electron chi connectivity index (χ2n) is 4.88. The maximum atomic E-state index is 12.8. The Kier molecular flexibility index (Phi) is 3.28. The molecular weight excluding hydrogens is 334 g/mol. The summed E-state index contributed by atoms with van der Waals surface area (Å²) < 4.78 is 7.09. The first-order valence-corrected chi connectivity index (χ1v) is 7.98. The molecule has 0 atom stereocenters. The fourth-order valence-electron chi connectivity index (χ4n) is 2.46. The summed E-state index contributed by atoms with van der Waals surface area (Å²) in [6.45, 7) is 0. The highest BCUT2D eigenvalue weighted by atomic mass is 35.5. The van der Waals surface area contributed by atoms with Crippen molar-refractivity contribution < 1.29 is 4.74 Å². The summed E-state index contributed by atoms with van der Waals surface area (Å²) >= 11 is 7.56. The van der Waals surface area contributed by atoms with Crippen LogP contribution in [0.15, 0.2) is 47.5 Å². The van der Waals surface area contributed by atoms with E-state index in [0.717, 1.165) is 21.4 Å². The van der Waals surface area contributed by atoms with E-state index in [9.17, 15) is 4.79 Å². The summed E-state index contributed by atoms with van der Waals surface area (Å²) in [5.41, 5.74) is 0.487. The summed E-state index contributed by atoms with van der Waals surface area (Å²) in [6.07, 6.45) is 3.29. The van der Waals surface area contributed by atoms with Gasteiger partial charge in [0.05, 0.1) is 24.0 Å². The van der Waals surface area contributed by atoms with E-state index in [4.69, 9.17) is 16.3 Å². The van der Waals surface area contributed by atoms with Crippen molar-refractivity contribution in [1.82, 2.24) is 14.8 Å². The van der Waals surface area contributed by atoms with Gasteiger partial charge in [-0.3, -0.25) is 4.79 Å². The molecule has 0 N–H and O–H groups in total. The van der Waals surface area contributed by atoms with Crippen LogP contribution in [0.4, 0.5) is 0 Å². The second kappa shape index (κ2) is 5.33. The Hall–Kier alpha value is -2.44. The van der Waals surface area contributed by atoms with Gasteiger partial charge >= 0.3 is 0 Å². The van der Waals surface area contributed by atoms with Crippen molar-refractivity contribution in [2.45, 2.75) is 0 Å². The summed E-state index contributed by atoms with van der Waals surface area (Å²) in [7, 11) is 1.60. The fourth-order valence-corrected chi connectivity index (χ4v) is 3.83. The van der Waals surface area contributed by atoms with Crippen molar-refractivity contribution in [2.75, 3.05) is 7.11 Å². The lowest BCUT2D eigenvalue weighted by atomic mass is 10.2. The molecule has 4 aromatic rings. The van der Waals surface area contributed by atoms with Crippen molar-refractivity contribution >= 4 is 43.2 Å². The Morgan fingerprint density at radius 1 is 1.22 bits per heavy atom. The van der Waals surface area contributed by atoms with E-state index < -0.39 is 0 Å². The Morgan fingerprint density at radius 2 is 2.00 bits per heavy atom. The van der Waals surface area contributed by atoms with Gasteiger partial charge < -0.3 is 4.74 Å². The van der Waals surface area contributed by atoms with Crippen LogP contribution in [0, 0.1) is 0 Å². The summed E-state index contributed by atoms with van der Waals surface area (Å²) in [5, 5.41) is 6.37. The van der Waals surface area contributed by atoms with Gasteiger partial charge in [-0.15, -0.1) is 11.3 Å². The molecule has 7 heteroatoms. The van der Waals surface area contributed by atoms with Gasteiger partial charge in [-0.25, -0.2) is 4.98 Å². The number of pyridine rings is 1. The number of aromatic nitrogens is 3. The molecule has 114 valence electrons. The highest BCUT2D eigenvalue weighted by molar-refractivity contribution is 7.25. The van der Waals surface area contributed by atoms with Crippen LogP contribution in [0.25, 0.3) is 26.0 Å². The van der Waals surface area contributed by atoms with Gasteiger partial charge in [0.15, 0.2) is 0 Å². The van der Waals surface area contributed by atoms with Crippen LogP contribution < -0.4 is 10.3 Å². The molecule has 0 aliphatic rings. The third-order valence-corrected chi connectivity index (χ3v) is 5.00. The van der Waals surface area contributed by atoms with E-state index in [1.807, 2.05) is 0 Å². The minimum absolute atomic E-state index is 0.188. The van der Waals surface area contributed by atoms with E-state index in [0.29, 0.717) is 15.4 Å². The second-order valence-corrected chi connectivity index (χ2v) is 6.28. The van der Waals surface area contributed by atoms with Gasteiger partial charge in [-0.1, -0.05) is 11.6 Å². The third-order valence-electron chi connectivity index (χ3n) is 3.58. The van der Waals surface area contributed by atoms with Gasteiger partial charge in [0.25, 0.3) is 5.56 Å². The molecule has 3 aromatic heterocycles. The predicted octanol–water partition coefficient (Wildman–Crippen LogP) is 3.66. The molecule has 0 aliphatic heterocycles. The number of halogens is 1. The molecule has 4 rings (SSSR count). The van der Waals surface area contributed by atoms with Gasteiger partial charge in [0.1, 0.15) is 15.3 Å². The number of thiophene rings is 1. The smallest absolute Gasteiger partial charge is 0.289 e. The van der Waals surface area contributed by atoms with Crippen molar-refractivity contribution in [2.24, 2.45) is 0 Å². The molecule has 0 aliphatic carbocycles. The number of fused-ring (bicyclic) bond motifs is 3. The Labute approximate surface area is 139 Å². The highest BCUT2D eigenvalue weighted by Gasteiger charge is 2.14. The molecule has 0 saturated heterocycles. The normalized spacial score (nSPS) is 11.2. The van der Waals surface area contributed by atoms with Crippen molar-refractivity contribution in [1.29, 1.82) is 0 Å². The van der Waals surface area contributed by atoms with E-state index >= 15 is 0 Å². The Balaban J connectivity index is 1.99. The van der Waals surface area contributed by atoms with Crippen LogP contribution in [-0.2, 0) is 0 Å². The minimum atomic E-state index is -0.188. The molecular formula is C16H10ClN3O2S. The molecule has 1 aromatic carbocycles. The topological polar surface area (TPSA) is 57.0 Å². The molecule has 0 bridgehead atoms. The van der Waals surface area contributed by atoms with Gasteiger partial charge in [0, 0.05) is 17.0 Å². The average molecular weight is 344 g/mol. The molecule has 0 unspecified atom stereocenters. The molecule has 5 nitrogen and oxygen atoms in total. The van der Waals surface area contributed by atoms with E-state index in [-0.39, 0.29) is 5.56 Å². The highest BCUT2D eigenvalue weighted by Crippen LogP contribution is 2.34. The zero-order chi connectivity index (χ0) is 16.0. The third kappa shape index (κ3) is 2.18. The van der Waals surface area contributed by atoms with E-state index in [1.165, 1.54) is 16.0 Å². The Morgan fingerprint density at radius 3 is 2.74 bits per heavy atom. The zero-order valence-electron chi connectivity index (χ0n) is 12.0. The van der Waals surface area contributed by atoms with Crippen LogP contribution in [0.1, 0.15) is 0 Å². The first kappa shape index (κ1) is 14.2. The van der Waals surface area contributed by atoms with Crippen LogP contribution >= 0.6 is 22.9 Å². The van der Waals surface area contributed by atoms with Crippen LogP contribution in [0.5, 0.6) is 5.75 Å². The number of hydrogen-bond donors (Lipinski definition) is 0. The number of rotatable bonds is 2. The summed E-state index contributed by atoms with van der Waals surface area (Å²) in [5.74, 6) is 0.723. The van der Waals surface area contributed by atoms with Gasteiger partial charge in [-0.2, -0.15) is 9.78 Å². The number of nitrogens with zero attached hydrogens (tertiary/aromatic N) is 3. The fraction of sp³-hybridized carbons (Fsp3) is 0.0625. The average Bonchev–Trinajstić information content (AvgIpc) is 2.96. The van der Waals surface area contributed by atoms with Crippen molar-refractivity contribution in [3.05, 3.63) is 58.1 Å². The first-order valence-electron chi connectivity index (χ1n) is 6.78. The standard InChI is InChI=1S/C16H10ClN3O2S/c1-22-10-4-2-9(3-5-10)20-16(21)14-11(8-19-20)13-12(17)6-7-18-15(13)23-14/h2-8H,1H3. The predicted molar refractivity (Wildman–Crippen MR) is 92.1 cm³/mol. The lowest BCUT2D eigenvalue weighted by Crippen LogP contribution is -2.19. The molecule has 0 saturated carbocycles. The summed E-state index contributed by atoms with van der Waals surface area (Å²) in [4.78, 5) is 17.8. The number of methoxy groups -OCH3 is 1. The maximum absolute atomic E-state index is 12.8.